The smallest absolute Gasteiger partial charge is 0.346 e. The summed E-state index contributed by atoms with van der Waals surface area (Å²) in [6.07, 6.45) is 0. The predicted molar refractivity (Wildman–Crippen MR) is 92.7 cm³/mol. The van der Waals surface area contributed by atoms with Crippen molar-refractivity contribution in [2.24, 2.45) is 0 Å². The van der Waals surface area contributed by atoms with Crippen molar-refractivity contribution < 1.29 is 28.2 Å². The Hall–Kier alpha value is -3.09. The number of hydrogen-bond donors (Lipinski definition) is 0. The molecule has 0 aromatic heterocycles. The summed E-state index contributed by atoms with van der Waals surface area (Å²) < 4.78 is 29.0. The molecule has 0 aliphatic heterocycles. The van der Waals surface area contributed by atoms with E-state index >= 15 is 0 Å². The van der Waals surface area contributed by atoms with Crippen molar-refractivity contribution in [3.8, 4) is 11.5 Å². The third kappa shape index (κ3) is 4.50. The minimum absolute atomic E-state index is 0.0705. The van der Waals surface area contributed by atoms with Crippen molar-refractivity contribution in [3.05, 3.63) is 59.4 Å². The van der Waals surface area contributed by atoms with Crippen molar-refractivity contribution >= 4 is 11.9 Å². The molecule has 0 bridgehead atoms. The van der Waals surface area contributed by atoms with Gasteiger partial charge < -0.3 is 19.1 Å². The Morgan fingerprint density at radius 3 is 2.19 bits per heavy atom. The average molecular weight is 361 g/mol. The molecule has 0 N–H and O–H groups in total. The lowest BCUT2D eigenvalue weighted by Gasteiger charge is -2.18. The summed E-state index contributed by atoms with van der Waals surface area (Å²) in [5.74, 6) is -1.05. The molecule has 0 saturated heterocycles. The van der Waals surface area contributed by atoms with Crippen LogP contribution in [0.15, 0.2) is 42.5 Å². The van der Waals surface area contributed by atoms with Crippen LogP contribution in [-0.4, -0.2) is 44.7 Å². The number of esters is 1. The first-order valence-corrected chi connectivity index (χ1v) is 7.83. The summed E-state index contributed by atoms with van der Waals surface area (Å²) in [6, 6.07) is 11.0. The fourth-order valence-electron chi connectivity index (χ4n) is 2.33. The van der Waals surface area contributed by atoms with E-state index in [1.165, 1.54) is 32.2 Å². The molecule has 2 aromatic carbocycles. The summed E-state index contributed by atoms with van der Waals surface area (Å²) in [7, 11) is 4.34. The van der Waals surface area contributed by atoms with Crippen LogP contribution >= 0.6 is 0 Å². The minimum atomic E-state index is -0.744. The summed E-state index contributed by atoms with van der Waals surface area (Å²) in [4.78, 5) is 25.8. The molecule has 7 heteroatoms. The molecule has 0 saturated carbocycles. The first-order chi connectivity index (χ1) is 12.5. The van der Waals surface area contributed by atoms with Gasteiger partial charge in [0.05, 0.1) is 14.2 Å². The second-order valence-electron chi connectivity index (χ2n) is 5.45. The quantitative estimate of drug-likeness (QED) is 0.710. The van der Waals surface area contributed by atoms with Crippen molar-refractivity contribution in [3.63, 3.8) is 0 Å². The van der Waals surface area contributed by atoms with Crippen molar-refractivity contribution in [1.82, 2.24) is 4.90 Å². The molecule has 0 aliphatic rings. The van der Waals surface area contributed by atoms with E-state index in [2.05, 4.69) is 0 Å². The SMILES string of the molecule is COc1cccc(OC)c1C(=O)OCC(=O)N(C)Cc1ccccc1F. The van der Waals surface area contributed by atoms with Crippen molar-refractivity contribution in [1.29, 1.82) is 0 Å². The lowest BCUT2D eigenvalue weighted by Crippen LogP contribution is -2.31. The van der Waals surface area contributed by atoms with Gasteiger partial charge >= 0.3 is 5.97 Å². The Bertz CT molecular complexity index is 771. The van der Waals surface area contributed by atoms with E-state index in [0.29, 0.717) is 5.56 Å². The number of hydrogen-bond acceptors (Lipinski definition) is 5. The fourth-order valence-corrected chi connectivity index (χ4v) is 2.33. The summed E-state index contributed by atoms with van der Waals surface area (Å²) in [5, 5.41) is 0. The van der Waals surface area contributed by atoms with Crippen LogP contribution in [-0.2, 0) is 16.1 Å². The van der Waals surface area contributed by atoms with Gasteiger partial charge in [0.1, 0.15) is 22.9 Å². The average Bonchev–Trinajstić information content (AvgIpc) is 2.66. The van der Waals surface area contributed by atoms with Crippen LogP contribution in [0.2, 0.25) is 0 Å². The maximum Gasteiger partial charge on any atom is 0.346 e. The zero-order valence-electron chi connectivity index (χ0n) is 14.8. The van der Waals surface area contributed by atoms with Crippen LogP contribution in [0.25, 0.3) is 0 Å². The molecule has 26 heavy (non-hydrogen) atoms. The molecule has 0 spiro atoms. The summed E-state index contributed by atoms with van der Waals surface area (Å²) in [6.45, 7) is -0.411. The number of halogens is 1. The molecule has 2 rings (SSSR count). The Labute approximate surface area is 151 Å². The van der Waals surface area contributed by atoms with Gasteiger partial charge in [-0.05, 0) is 18.2 Å². The first-order valence-electron chi connectivity index (χ1n) is 7.83. The number of benzene rings is 2. The zero-order valence-corrected chi connectivity index (χ0v) is 14.8. The molecule has 0 fully saturated rings. The third-order valence-corrected chi connectivity index (χ3v) is 3.75. The molecule has 6 nitrogen and oxygen atoms in total. The molecule has 0 unspecified atom stereocenters. The highest BCUT2D eigenvalue weighted by Crippen LogP contribution is 2.28. The van der Waals surface area contributed by atoms with Gasteiger partial charge in [0.15, 0.2) is 6.61 Å². The van der Waals surface area contributed by atoms with E-state index in [4.69, 9.17) is 14.2 Å². The zero-order chi connectivity index (χ0) is 19.1. The number of likely N-dealkylation sites (N-methyl/N-ethyl adjacent to an activating group) is 1. The van der Waals surface area contributed by atoms with Gasteiger partial charge in [0.2, 0.25) is 0 Å². The lowest BCUT2D eigenvalue weighted by atomic mass is 10.2. The number of ether oxygens (including phenoxy) is 3. The highest BCUT2D eigenvalue weighted by molar-refractivity contribution is 5.96. The van der Waals surface area contributed by atoms with Crippen LogP contribution in [0.1, 0.15) is 15.9 Å². The molecule has 0 radical (unpaired) electrons. The largest absolute Gasteiger partial charge is 0.496 e. The van der Waals surface area contributed by atoms with Gasteiger partial charge in [-0.15, -0.1) is 0 Å². The second-order valence-corrected chi connectivity index (χ2v) is 5.45. The molecular weight excluding hydrogens is 341 g/mol. The van der Waals surface area contributed by atoms with E-state index in [0.717, 1.165) is 0 Å². The van der Waals surface area contributed by atoms with Gasteiger partial charge in [-0.2, -0.15) is 0 Å². The molecule has 0 aliphatic carbocycles. The van der Waals surface area contributed by atoms with Crippen LogP contribution in [0, 0.1) is 5.82 Å². The van der Waals surface area contributed by atoms with Crippen LogP contribution in [0.5, 0.6) is 11.5 Å². The molecule has 1 amide bonds. The number of carbonyl (C=O) groups is 2. The van der Waals surface area contributed by atoms with E-state index in [1.807, 2.05) is 0 Å². The number of methoxy groups -OCH3 is 2. The normalized spacial score (nSPS) is 10.2. The van der Waals surface area contributed by atoms with E-state index < -0.39 is 24.3 Å². The number of nitrogens with zero attached hydrogens (tertiary/aromatic N) is 1. The van der Waals surface area contributed by atoms with Gasteiger partial charge in [-0.1, -0.05) is 24.3 Å². The number of rotatable bonds is 7. The number of amides is 1. The fraction of sp³-hybridized carbons (Fsp3) is 0.263. The van der Waals surface area contributed by atoms with Crippen molar-refractivity contribution in [2.75, 3.05) is 27.9 Å². The van der Waals surface area contributed by atoms with E-state index in [-0.39, 0.29) is 23.6 Å². The number of carbonyl (C=O) groups excluding carboxylic acids is 2. The first kappa shape index (κ1) is 19.2. The van der Waals surface area contributed by atoms with Crippen LogP contribution in [0.4, 0.5) is 4.39 Å². The third-order valence-electron chi connectivity index (χ3n) is 3.75. The Morgan fingerprint density at radius 2 is 1.62 bits per heavy atom. The van der Waals surface area contributed by atoms with Crippen LogP contribution < -0.4 is 9.47 Å². The molecule has 0 atom stereocenters. The summed E-state index contributed by atoms with van der Waals surface area (Å²) >= 11 is 0. The highest BCUT2D eigenvalue weighted by Gasteiger charge is 2.21. The maximum absolute atomic E-state index is 13.7. The second kappa shape index (κ2) is 8.84. The van der Waals surface area contributed by atoms with E-state index in [1.54, 1.807) is 36.4 Å². The van der Waals surface area contributed by atoms with Gasteiger partial charge in [0.25, 0.3) is 5.91 Å². The standard InChI is InChI=1S/C19H20FNO5/c1-21(11-13-7-4-5-8-14(13)20)17(22)12-26-19(23)18-15(24-2)9-6-10-16(18)25-3/h4-10H,11-12H2,1-3H3. The monoisotopic (exact) mass is 361 g/mol. The Balaban J connectivity index is 2.01. The molecule has 2 aromatic rings. The van der Waals surface area contributed by atoms with Gasteiger partial charge in [-0.25, -0.2) is 9.18 Å². The molecular formula is C19H20FNO5. The minimum Gasteiger partial charge on any atom is -0.496 e. The highest BCUT2D eigenvalue weighted by atomic mass is 19.1. The Kier molecular flexibility index (Phi) is 6.54. The van der Waals surface area contributed by atoms with Crippen molar-refractivity contribution in [2.45, 2.75) is 6.54 Å². The predicted octanol–water partition coefficient (Wildman–Crippen LogP) is 2.66. The van der Waals surface area contributed by atoms with Gasteiger partial charge in [-0.3, -0.25) is 4.79 Å². The maximum atomic E-state index is 13.7. The lowest BCUT2D eigenvalue weighted by molar-refractivity contribution is -0.133. The Morgan fingerprint density at radius 1 is 1.00 bits per heavy atom. The summed E-state index contributed by atoms with van der Waals surface area (Å²) in [5.41, 5.74) is 0.475. The van der Waals surface area contributed by atoms with Gasteiger partial charge in [0, 0.05) is 19.2 Å². The molecule has 138 valence electrons. The molecule has 0 heterocycles. The topological polar surface area (TPSA) is 65.1 Å². The van der Waals surface area contributed by atoms with Crippen LogP contribution in [0.3, 0.4) is 0 Å². The van der Waals surface area contributed by atoms with E-state index in [9.17, 15) is 14.0 Å².